The Kier molecular flexibility index (Phi) is 6.56. The number of pyridine rings is 1. The summed E-state index contributed by atoms with van der Waals surface area (Å²) in [5.74, 6) is -0.163. The zero-order valence-corrected chi connectivity index (χ0v) is 19.7. The van der Waals surface area contributed by atoms with Gasteiger partial charge in [-0.15, -0.1) is 11.3 Å². The van der Waals surface area contributed by atoms with Crippen LogP contribution in [0.25, 0.3) is 10.4 Å². The Morgan fingerprint density at radius 3 is 2.44 bits per heavy atom. The molecule has 0 unspecified atom stereocenters. The molecule has 0 saturated carbocycles. The van der Waals surface area contributed by atoms with Crippen molar-refractivity contribution in [1.29, 1.82) is 0 Å². The van der Waals surface area contributed by atoms with Crippen LogP contribution in [0.1, 0.15) is 15.9 Å². The molecule has 0 radical (unpaired) electrons. The smallest absolute Gasteiger partial charge is 0.255 e. The van der Waals surface area contributed by atoms with Crippen molar-refractivity contribution in [1.82, 2.24) is 9.88 Å². The minimum absolute atomic E-state index is 0.163. The summed E-state index contributed by atoms with van der Waals surface area (Å²) in [4.78, 5) is 22.9. The average molecular weight is 470 g/mol. The first-order valence-corrected chi connectivity index (χ1v) is 12.2. The second-order valence-corrected chi connectivity index (χ2v) is 9.35. The largest absolute Gasteiger partial charge is 0.397 e. The second kappa shape index (κ2) is 10.1. The number of piperazine rings is 1. The van der Waals surface area contributed by atoms with Crippen LogP contribution in [0.5, 0.6) is 0 Å². The zero-order chi connectivity index (χ0) is 23.3. The first-order chi connectivity index (χ1) is 16.7. The highest BCUT2D eigenvalue weighted by Gasteiger charge is 2.18. The van der Waals surface area contributed by atoms with Crippen molar-refractivity contribution in [3.63, 3.8) is 0 Å². The standard InChI is InChI=1S/C27H27N5OS/c28-24-8-5-22(26-2-1-17-34-26)18-25(24)30-27(33)21-3-6-23(7-4-21)32-15-13-31(14-16-32)19-20-9-11-29-12-10-20/h1-12,17-18H,13-16,19,28H2,(H,30,33). The predicted octanol–water partition coefficient (Wildman–Crippen LogP) is 4.97. The van der Waals surface area contributed by atoms with Crippen molar-refractivity contribution in [3.05, 3.63) is 95.6 Å². The number of aromatic nitrogens is 1. The van der Waals surface area contributed by atoms with E-state index in [4.69, 9.17) is 5.73 Å². The van der Waals surface area contributed by atoms with Crippen LogP contribution >= 0.6 is 11.3 Å². The fraction of sp³-hybridized carbons (Fsp3) is 0.185. The van der Waals surface area contributed by atoms with E-state index in [-0.39, 0.29) is 5.91 Å². The third-order valence-electron chi connectivity index (χ3n) is 6.13. The molecular weight excluding hydrogens is 442 g/mol. The van der Waals surface area contributed by atoms with Crippen LogP contribution < -0.4 is 16.0 Å². The van der Waals surface area contributed by atoms with Crippen LogP contribution in [0.2, 0.25) is 0 Å². The molecule has 1 aliphatic heterocycles. The van der Waals surface area contributed by atoms with Gasteiger partial charge in [0, 0.05) is 61.2 Å². The van der Waals surface area contributed by atoms with Gasteiger partial charge in [0.2, 0.25) is 0 Å². The van der Waals surface area contributed by atoms with Gasteiger partial charge in [-0.2, -0.15) is 0 Å². The van der Waals surface area contributed by atoms with E-state index in [9.17, 15) is 4.79 Å². The summed E-state index contributed by atoms with van der Waals surface area (Å²) < 4.78 is 0. The molecule has 6 nitrogen and oxygen atoms in total. The molecule has 172 valence electrons. The molecule has 1 saturated heterocycles. The highest BCUT2D eigenvalue weighted by molar-refractivity contribution is 7.13. The molecule has 5 rings (SSSR count). The lowest BCUT2D eigenvalue weighted by molar-refractivity contribution is 0.102. The number of rotatable bonds is 6. The Morgan fingerprint density at radius 2 is 1.74 bits per heavy atom. The molecule has 0 spiro atoms. The number of amides is 1. The number of nitrogens with one attached hydrogen (secondary N) is 1. The summed E-state index contributed by atoms with van der Waals surface area (Å²) in [5.41, 5.74) is 11.4. The maximum Gasteiger partial charge on any atom is 0.255 e. The van der Waals surface area contributed by atoms with E-state index >= 15 is 0 Å². The van der Waals surface area contributed by atoms with Gasteiger partial charge in [-0.05, 0) is 71.1 Å². The van der Waals surface area contributed by atoms with Crippen molar-refractivity contribution in [2.45, 2.75) is 6.54 Å². The number of anilines is 3. The maximum atomic E-state index is 12.9. The average Bonchev–Trinajstić information content (AvgIpc) is 3.42. The van der Waals surface area contributed by atoms with Crippen LogP contribution in [0.3, 0.4) is 0 Å². The summed E-state index contributed by atoms with van der Waals surface area (Å²) in [6.45, 7) is 4.88. The molecular formula is C27H27N5OS. The first kappa shape index (κ1) is 22.1. The Bertz CT molecular complexity index is 1230. The Labute approximate surface area is 203 Å². The van der Waals surface area contributed by atoms with E-state index in [1.54, 1.807) is 11.3 Å². The second-order valence-electron chi connectivity index (χ2n) is 8.40. The number of hydrogen-bond acceptors (Lipinski definition) is 6. The summed E-state index contributed by atoms with van der Waals surface area (Å²) in [6, 6.07) is 21.8. The molecule has 2 aromatic carbocycles. The molecule has 3 N–H and O–H groups in total. The van der Waals surface area contributed by atoms with Crippen molar-refractivity contribution < 1.29 is 4.79 Å². The summed E-state index contributed by atoms with van der Waals surface area (Å²) in [7, 11) is 0. The van der Waals surface area contributed by atoms with Crippen molar-refractivity contribution in [2.75, 3.05) is 42.1 Å². The number of hydrogen-bond donors (Lipinski definition) is 2. The lowest BCUT2D eigenvalue weighted by Gasteiger charge is -2.36. The van der Waals surface area contributed by atoms with Crippen LogP contribution in [0.15, 0.2) is 84.5 Å². The molecule has 1 amide bonds. The summed E-state index contributed by atoms with van der Waals surface area (Å²) in [6.07, 6.45) is 3.69. The molecule has 0 aliphatic carbocycles. The third kappa shape index (κ3) is 5.11. The Morgan fingerprint density at radius 1 is 0.971 bits per heavy atom. The number of benzene rings is 2. The van der Waals surface area contributed by atoms with Crippen LogP contribution in [-0.4, -0.2) is 42.0 Å². The molecule has 1 aliphatic rings. The van der Waals surface area contributed by atoms with Gasteiger partial charge in [0.05, 0.1) is 11.4 Å². The summed E-state index contributed by atoms with van der Waals surface area (Å²) >= 11 is 1.66. The monoisotopic (exact) mass is 469 g/mol. The van der Waals surface area contributed by atoms with Gasteiger partial charge < -0.3 is 16.0 Å². The normalized spacial score (nSPS) is 14.2. The van der Waals surface area contributed by atoms with Crippen molar-refractivity contribution in [2.24, 2.45) is 0 Å². The predicted molar refractivity (Wildman–Crippen MR) is 140 cm³/mol. The molecule has 7 heteroatoms. The Hall–Kier alpha value is -3.68. The number of thiophene rings is 1. The first-order valence-electron chi connectivity index (χ1n) is 11.4. The van der Waals surface area contributed by atoms with Crippen molar-refractivity contribution >= 4 is 34.3 Å². The lowest BCUT2D eigenvalue weighted by atomic mass is 10.1. The van der Waals surface area contributed by atoms with E-state index < -0.39 is 0 Å². The number of nitrogens with zero attached hydrogens (tertiary/aromatic N) is 3. The van der Waals surface area contributed by atoms with Crippen LogP contribution in [-0.2, 0) is 6.54 Å². The minimum atomic E-state index is -0.163. The molecule has 0 atom stereocenters. The molecule has 0 bridgehead atoms. The topological polar surface area (TPSA) is 74.5 Å². The van der Waals surface area contributed by atoms with Crippen molar-refractivity contribution in [3.8, 4) is 10.4 Å². The van der Waals surface area contributed by atoms with E-state index in [2.05, 4.69) is 38.3 Å². The molecule has 4 aromatic rings. The van der Waals surface area contributed by atoms with Gasteiger partial charge in [0.15, 0.2) is 0 Å². The van der Waals surface area contributed by atoms with Gasteiger partial charge >= 0.3 is 0 Å². The van der Waals surface area contributed by atoms with Crippen LogP contribution in [0.4, 0.5) is 17.1 Å². The quantitative estimate of drug-likeness (QED) is 0.390. The highest BCUT2D eigenvalue weighted by Crippen LogP contribution is 2.30. The number of carbonyl (C=O) groups is 1. The number of carbonyl (C=O) groups excluding carboxylic acids is 1. The van der Waals surface area contributed by atoms with Gasteiger partial charge in [-0.25, -0.2) is 0 Å². The van der Waals surface area contributed by atoms with E-state index in [0.29, 0.717) is 16.9 Å². The van der Waals surface area contributed by atoms with E-state index in [1.807, 2.05) is 66.3 Å². The fourth-order valence-corrected chi connectivity index (χ4v) is 4.91. The van der Waals surface area contributed by atoms with Gasteiger partial charge in [0.25, 0.3) is 5.91 Å². The van der Waals surface area contributed by atoms with Gasteiger partial charge in [-0.3, -0.25) is 14.7 Å². The SMILES string of the molecule is Nc1ccc(-c2cccs2)cc1NC(=O)c1ccc(N2CCN(Cc3ccncc3)CC2)cc1. The van der Waals surface area contributed by atoms with Gasteiger partial charge in [0.1, 0.15) is 0 Å². The lowest BCUT2D eigenvalue weighted by Crippen LogP contribution is -2.45. The number of nitrogens with two attached hydrogens (primary N) is 1. The molecule has 3 heterocycles. The maximum absolute atomic E-state index is 12.9. The minimum Gasteiger partial charge on any atom is -0.397 e. The zero-order valence-electron chi connectivity index (χ0n) is 18.9. The fourth-order valence-electron chi connectivity index (χ4n) is 4.19. The molecule has 2 aromatic heterocycles. The summed E-state index contributed by atoms with van der Waals surface area (Å²) in [5, 5.41) is 5.01. The molecule has 34 heavy (non-hydrogen) atoms. The molecule has 1 fully saturated rings. The number of nitrogen functional groups attached to an aromatic ring is 1. The van der Waals surface area contributed by atoms with Gasteiger partial charge in [-0.1, -0.05) is 12.1 Å². The highest BCUT2D eigenvalue weighted by atomic mass is 32.1. The van der Waals surface area contributed by atoms with E-state index in [0.717, 1.165) is 48.9 Å². The van der Waals surface area contributed by atoms with E-state index in [1.165, 1.54) is 5.56 Å². The third-order valence-corrected chi connectivity index (χ3v) is 7.05. The Balaban J connectivity index is 1.19. The van der Waals surface area contributed by atoms with Crippen LogP contribution in [0, 0.1) is 0 Å².